The van der Waals surface area contributed by atoms with Crippen molar-refractivity contribution < 1.29 is 13.6 Å². The Kier molecular flexibility index (Phi) is 4.95. The van der Waals surface area contributed by atoms with Gasteiger partial charge in [0, 0.05) is 39.0 Å². The average Bonchev–Trinajstić information content (AvgIpc) is 3.02. The largest absolute Gasteiger partial charge is 0.342 e. The number of likely N-dealkylation sites (tertiary alicyclic amines) is 2. The van der Waals surface area contributed by atoms with E-state index in [1.165, 1.54) is 5.56 Å². The molecule has 5 heteroatoms. The van der Waals surface area contributed by atoms with Gasteiger partial charge in [-0.25, -0.2) is 8.78 Å². The third kappa shape index (κ3) is 4.28. The van der Waals surface area contributed by atoms with Crippen molar-refractivity contribution in [3.63, 3.8) is 0 Å². The van der Waals surface area contributed by atoms with Crippen LogP contribution in [-0.4, -0.2) is 54.4 Å². The second-order valence-corrected chi connectivity index (χ2v) is 6.70. The summed E-state index contributed by atoms with van der Waals surface area (Å²) in [6.07, 6.45) is 1.45. The molecule has 1 unspecified atom stereocenters. The number of amides is 1. The molecule has 126 valence electrons. The van der Waals surface area contributed by atoms with E-state index in [1.54, 1.807) is 4.90 Å². The van der Waals surface area contributed by atoms with Gasteiger partial charge in [0.1, 0.15) is 0 Å². The van der Waals surface area contributed by atoms with Gasteiger partial charge >= 0.3 is 0 Å². The molecule has 0 saturated carbocycles. The van der Waals surface area contributed by atoms with Gasteiger partial charge in [0.05, 0.1) is 5.92 Å². The van der Waals surface area contributed by atoms with Crippen LogP contribution in [0.15, 0.2) is 30.3 Å². The summed E-state index contributed by atoms with van der Waals surface area (Å²) in [5, 5.41) is 0. The lowest BCUT2D eigenvalue weighted by Crippen LogP contribution is -2.45. The lowest BCUT2D eigenvalue weighted by molar-refractivity contribution is -0.141. The molecule has 2 aliphatic rings. The molecule has 1 aromatic rings. The van der Waals surface area contributed by atoms with Crippen LogP contribution in [0.5, 0.6) is 0 Å². The molecule has 1 amide bonds. The van der Waals surface area contributed by atoms with Gasteiger partial charge in [-0.3, -0.25) is 4.79 Å². The Balaban J connectivity index is 1.45. The van der Waals surface area contributed by atoms with Crippen LogP contribution in [0.4, 0.5) is 8.78 Å². The van der Waals surface area contributed by atoms with Crippen LogP contribution in [0.2, 0.25) is 0 Å². The zero-order valence-electron chi connectivity index (χ0n) is 13.4. The molecule has 0 aromatic heterocycles. The third-order valence-electron chi connectivity index (χ3n) is 4.99. The highest BCUT2D eigenvalue weighted by Crippen LogP contribution is 2.29. The summed E-state index contributed by atoms with van der Waals surface area (Å²) in [5.41, 5.74) is 1.31. The predicted molar refractivity (Wildman–Crippen MR) is 85.5 cm³/mol. The number of carbonyl (C=O) groups is 1. The summed E-state index contributed by atoms with van der Waals surface area (Å²) in [5.74, 6) is -2.53. The SMILES string of the molecule is O=C(C1CCN(CCc2ccccc2)C1)N1CCC(F)(F)CC1. The number of halogens is 2. The Morgan fingerprint density at radius 3 is 2.52 bits per heavy atom. The fourth-order valence-electron chi connectivity index (χ4n) is 3.48. The van der Waals surface area contributed by atoms with Gasteiger partial charge in [-0.15, -0.1) is 0 Å². The third-order valence-corrected chi connectivity index (χ3v) is 4.99. The van der Waals surface area contributed by atoms with Crippen molar-refractivity contribution in [3.8, 4) is 0 Å². The Labute approximate surface area is 136 Å². The zero-order valence-corrected chi connectivity index (χ0v) is 13.4. The van der Waals surface area contributed by atoms with Crippen LogP contribution < -0.4 is 0 Å². The van der Waals surface area contributed by atoms with Crippen molar-refractivity contribution in [1.82, 2.24) is 9.80 Å². The smallest absolute Gasteiger partial charge is 0.251 e. The van der Waals surface area contributed by atoms with E-state index in [0.717, 1.165) is 32.5 Å². The van der Waals surface area contributed by atoms with E-state index >= 15 is 0 Å². The molecule has 2 fully saturated rings. The van der Waals surface area contributed by atoms with E-state index in [-0.39, 0.29) is 37.8 Å². The highest BCUT2D eigenvalue weighted by atomic mass is 19.3. The molecule has 0 aliphatic carbocycles. The molecule has 0 bridgehead atoms. The summed E-state index contributed by atoms with van der Waals surface area (Å²) in [6.45, 7) is 3.04. The number of hydrogen-bond donors (Lipinski definition) is 0. The maximum Gasteiger partial charge on any atom is 0.251 e. The molecule has 23 heavy (non-hydrogen) atoms. The molecule has 2 aliphatic heterocycles. The number of alkyl halides is 2. The zero-order chi connectivity index (χ0) is 16.3. The van der Waals surface area contributed by atoms with Crippen molar-refractivity contribution in [2.75, 3.05) is 32.7 Å². The molecule has 0 radical (unpaired) electrons. The molecule has 1 aromatic carbocycles. The molecule has 2 saturated heterocycles. The maximum absolute atomic E-state index is 13.2. The summed E-state index contributed by atoms with van der Waals surface area (Å²) >= 11 is 0. The van der Waals surface area contributed by atoms with E-state index < -0.39 is 5.92 Å². The van der Waals surface area contributed by atoms with E-state index in [9.17, 15) is 13.6 Å². The molecule has 1 atom stereocenters. The molecule has 0 spiro atoms. The topological polar surface area (TPSA) is 23.6 Å². The number of rotatable bonds is 4. The second kappa shape index (κ2) is 6.95. The van der Waals surface area contributed by atoms with Crippen molar-refractivity contribution in [1.29, 1.82) is 0 Å². The minimum atomic E-state index is -2.59. The summed E-state index contributed by atoms with van der Waals surface area (Å²) < 4.78 is 26.4. The first kappa shape index (κ1) is 16.4. The number of nitrogens with zero attached hydrogens (tertiary/aromatic N) is 2. The quantitative estimate of drug-likeness (QED) is 0.851. The van der Waals surface area contributed by atoms with Crippen LogP contribution in [0.3, 0.4) is 0 Å². The normalized spacial score (nSPS) is 24.8. The van der Waals surface area contributed by atoms with Gasteiger partial charge < -0.3 is 9.80 Å². The Bertz CT molecular complexity index is 525. The standard InChI is InChI=1S/C18H24F2N2O/c19-18(20)8-12-22(13-9-18)17(23)16-7-11-21(14-16)10-6-15-4-2-1-3-5-15/h1-5,16H,6-14H2. The van der Waals surface area contributed by atoms with Gasteiger partial charge in [0.15, 0.2) is 0 Å². The van der Waals surface area contributed by atoms with E-state index in [2.05, 4.69) is 17.0 Å². The lowest BCUT2D eigenvalue weighted by Gasteiger charge is -2.33. The van der Waals surface area contributed by atoms with Crippen LogP contribution in [0.25, 0.3) is 0 Å². The minimum Gasteiger partial charge on any atom is -0.342 e. The second-order valence-electron chi connectivity index (χ2n) is 6.70. The first-order chi connectivity index (χ1) is 11.0. The van der Waals surface area contributed by atoms with E-state index in [4.69, 9.17) is 0 Å². The Morgan fingerprint density at radius 2 is 1.83 bits per heavy atom. The molecular formula is C18H24F2N2O. The maximum atomic E-state index is 13.2. The molecule has 3 rings (SSSR count). The summed E-state index contributed by atoms with van der Waals surface area (Å²) in [7, 11) is 0. The first-order valence-corrected chi connectivity index (χ1v) is 8.46. The summed E-state index contributed by atoms with van der Waals surface area (Å²) in [6, 6.07) is 10.3. The predicted octanol–water partition coefficient (Wildman–Crippen LogP) is 2.81. The number of benzene rings is 1. The lowest BCUT2D eigenvalue weighted by atomic mass is 10.0. The van der Waals surface area contributed by atoms with Crippen molar-refractivity contribution in [2.24, 2.45) is 5.92 Å². The van der Waals surface area contributed by atoms with Gasteiger partial charge in [-0.2, -0.15) is 0 Å². The monoisotopic (exact) mass is 322 g/mol. The van der Waals surface area contributed by atoms with Crippen LogP contribution in [0, 0.1) is 5.92 Å². The molecule has 3 nitrogen and oxygen atoms in total. The summed E-state index contributed by atoms with van der Waals surface area (Å²) in [4.78, 5) is 16.4. The van der Waals surface area contributed by atoms with Gasteiger partial charge in [0.25, 0.3) is 5.92 Å². The van der Waals surface area contributed by atoms with Crippen molar-refractivity contribution in [3.05, 3.63) is 35.9 Å². The van der Waals surface area contributed by atoms with Crippen molar-refractivity contribution >= 4 is 5.91 Å². The first-order valence-electron chi connectivity index (χ1n) is 8.46. The van der Waals surface area contributed by atoms with Crippen LogP contribution in [-0.2, 0) is 11.2 Å². The Morgan fingerprint density at radius 1 is 1.13 bits per heavy atom. The molecule has 2 heterocycles. The highest BCUT2D eigenvalue weighted by molar-refractivity contribution is 5.79. The number of carbonyl (C=O) groups excluding carboxylic acids is 1. The number of hydrogen-bond acceptors (Lipinski definition) is 2. The minimum absolute atomic E-state index is 0.0162. The van der Waals surface area contributed by atoms with Gasteiger partial charge in [0.2, 0.25) is 5.91 Å². The van der Waals surface area contributed by atoms with Gasteiger partial charge in [-0.05, 0) is 24.9 Å². The van der Waals surface area contributed by atoms with E-state index in [0.29, 0.717) is 0 Å². The highest BCUT2D eigenvalue weighted by Gasteiger charge is 2.38. The van der Waals surface area contributed by atoms with Gasteiger partial charge in [-0.1, -0.05) is 30.3 Å². The van der Waals surface area contributed by atoms with Crippen molar-refractivity contribution in [2.45, 2.75) is 31.6 Å². The Hall–Kier alpha value is -1.49. The fourth-order valence-corrected chi connectivity index (χ4v) is 3.48. The van der Waals surface area contributed by atoms with Crippen LogP contribution in [0.1, 0.15) is 24.8 Å². The fraction of sp³-hybridized carbons (Fsp3) is 0.611. The molecule has 0 N–H and O–H groups in total. The van der Waals surface area contributed by atoms with E-state index in [1.807, 2.05) is 18.2 Å². The average molecular weight is 322 g/mol. The molecular weight excluding hydrogens is 298 g/mol. The van der Waals surface area contributed by atoms with Crippen LogP contribution >= 0.6 is 0 Å². The number of piperidine rings is 1.